The number of carbonyl (C=O) groups is 2. The predicted octanol–water partition coefficient (Wildman–Crippen LogP) is 3.52. The van der Waals surface area contributed by atoms with Crippen molar-refractivity contribution in [3.05, 3.63) is 28.0 Å². The van der Waals surface area contributed by atoms with E-state index in [-0.39, 0.29) is 45.0 Å². The van der Waals surface area contributed by atoms with Gasteiger partial charge in [-0.3, -0.25) is 9.59 Å². The van der Waals surface area contributed by atoms with Crippen LogP contribution in [0.1, 0.15) is 13.3 Å². The Bertz CT molecular complexity index is 530. The predicted molar refractivity (Wildman–Crippen MR) is 75.5 cm³/mol. The molecule has 0 radical (unpaired) electrons. The first kappa shape index (κ1) is 14.6. The highest BCUT2D eigenvalue weighted by Gasteiger charge is 2.34. The van der Waals surface area contributed by atoms with Crippen molar-refractivity contribution >= 4 is 51.7 Å². The van der Waals surface area contributed by atoms with Crippen LogP contribution < -0.4 is 4.90 Å². The fourth-order valence-corrected chi connectivity index (χ4v) is 3.49. The van der Waals surface area contributed by atoms with Crippen LogP contribution in [-0.4, -0.2) is 22.8 Å². The summed E-state index contributed by atoms with van der Waals surface area (Å²) in [4.78, 5) is 24.2. The lowest BCUT2D eigenvalue weighted by Gasteiger charge is -2.18. The Hall–Kier alpha value is -0.780. The lowest BCUT2D eigenvalue weighted by atomic mass is 10.3. The van der Waals surface area contributed by atoms with Gasteiger partial charge in [-0.2, -0.15) is 0 Å². The summed E-state index contributed by atoms with van der Waals surface area (Å²) in [6, 6.07) is 2.50. The van der Waals surface area contributed by atoms with Gasteiger partial charge in [-0.1, -0.05) is 35.0 Å². The fourth-order valence-electron chi connectivity index (χ4n) is 2.00. The molecule has 0 saturated carbocycles. The largest absolute Gasteiger partial charge is 0.307 e. The maximum atomic E-state index is 13.9. The minimum Gasteiger partial charge on any atom is -0.307 e. The lowest BCUT2D eigenvalue weighted by molar-refractivity contribution is -0.117. The molecule has 102 valence electrons. The third-order valence-corrected chi connectivity index (χ3v) is 4.16. The second-order valence-corrected chi connectivity index (χ2v) is 6.48. The zero-order valence-electron chi connectivity index (χ0n) is 9.95. The number of hydrogen-bond acceptors (Lipinski definition) is 3. The van der Waals surface area contributed by atoms with E-state index in [0.717, 1.165) is 17.8 Å². The summed E-state index contributed by atoms with van der Waals surface area (Å²) in [7, 11) is 0. The molecule has 0 bridgehead atoms. The van der Waals surface area contributed by atoms with Crippen molar-refractivity contribution < 1.29 is 14.0 Å². The smallest absolute Gasteiger partial charge is 0.228 e. The van der Waals surface area contributed by atoms with Gasteiger partial charge >= 0.3 is 0 Å². The monoisotopic (exact) mass is 321 g/mol. The number of amides is 1. The second kappa shape index (κ2) is 5.69. The molecule has 1 aromatic rings. The standard InChI is InChI=1S/C12H10Cl2FNO2S/c1-6(17)19-8-4-11(18)16(5-8)12-9(14)2-7(13)3-10(12)15/h2-3,8H,4-5H2,1H3. The van der Waals surface area contributed by atoms with Gasteiger partial charge in [-0.15, -0.1) is 0 Å². The zero-order chi connectivity index (χ0) is 14.2. The van der Waals surface area contributed by atoms with Gasteiger partial charge in [0.1, 0.15) is 5.82 Å². The summed E-state index contributed by atoms with van der Waals surface area (Å²) in [5.74, 6) is -0.888. The van der Waals surface area contributed by atoms with Gasteiger partial charge in [0.2, 0.25) is 5.91 Å². The number of carbonyl (C=O) groups excluding carboxylic acids is 2. The van der Waals surface area contributed by atoms with E-state index in [1.165, 1.54) is 17.9 Å². The van der Waals surface area contributed by atoms with E-state index < -0.39 is 5.82 Å². The van der Waals surface area contributed by atoms with Crippen molar-refractivity contribution in [2.75, 3.05) is 11.4 Å². The first-order chi connectivity index (χ1) is 8.88. The van der Waals surface area contributed by atoms with Gasteiger partial charge in [-0.05, 0) is 12.1 Å². The van der Waals surface area contributed by atoms with E-state index in [0.29, 0.717) is 0 Å². The summed E-state index contributed by atoms with van der Waals surface area (Å²) in [5.41, 5.74) is 0.0303. The van der Waals surface area contributed by atoms with Gasteiger partial charge < -0.3 is 4.90 Å². The topological polar surface area (TPSA) is 37.4 Å². The Morgan fingerprint density at radius 3 is 2.74 bits per heavy atom. The minimum atomic E-state index is -0.640. The van der Waals surface area contributed by atoms with Gasteiger partial charge in [-0.25, -0.2) is 4.39 Å². The van der Waals surface area contributed by atoms with E-state index in [9.17, 15) is 14.0 Å². The van der Waals surface area contributed by atoms with Crippen LogP contribution >= 0.6 is 35.0 Å². The Morgan fingerprint density at radius 1 is 1.47 bits per heavy atom. The quantitative estimate of drug-likeness (QED) is 0.836. The molecular weight excluding hydrogens is 312 g/mol. The number of benzene rings is 1. The van der Waals surface area contributed by atoms with E-state index in [1.807, 2.05) is 0 Å². The number of anilines is 1. The maximum absolute atomic E-state index is 13.9. The Balaban J connectivity index is 2.28. The third kappa shape index (κ3) is 3.22. The van der Waals surface area contributed by atoms with Crippen LogP contribution in [0.25, 0.3) is 0 Å². The molecule has 0 aliphatic carbocycles. The molecule has 1 aromatic carbocycles. The van der Waals surface area contributed by atoms with Gasteiger partial charge in [0.25, 0.3) is 0 Å². The maximum Gasteiger partial charge on any atom is 0.228 e. The van der Waals surface area contributed by atoms with E-state index in [1.54, 1.807) is 0 Å². The van der Waals surface area contributed by atoms with Crippen LogP contribution in [0, 0.1) is 5.82 Å². The Morgan fingerprint density at radius 2 is 2.16 bits per heavy atom. The first-order valence-electron chi connectivity index (χ1n) is 5.50. The highest BCUT2D eigenvalue weighted by atomic mass is 35.5. The minimum absolute atomic E-state index is 0.0303. The van der Waals surface area contributed by atoms with E-state index >= 15 is 0 Å². The molecule has 1 fully saturated rings. The van der Waals surface area contributed by atoms with Crippen LogP contribution in [-0.2, 0) is 9.59 Å². The van der Waals surface area contributed by atoms with Crippen LogP contribution in [0.5, 0.6) is 0 Å². The highest BCUT2D eigenvalue weighted by Crippen LogP contribution is 2.36. The van der Waals surface area contributed by atoms with Crippen molar-refractivity contribution in [1.29, 1.82) is 0 Å². The summed E-state index contributed by atoms with van der Waals surface area (Å²) in [6.07, 6.45) is 0.197. The molecule has 1 aliphatic rings. The van der Waals surface area contributed by atoms with E-state index in [4.69, 9.17) is 23.2 Å². The van der Waals surface area contributed by atoms with Crippen LogP contribution in [0.2, 0.25) is 10.0 Å². The van der Waals surface area contributed by atoms with Crippen molar-refractivity contribution in [1.82, 2.24) is 0 Å². The molecule has 1 amide bonds. The van der Waals surface area contributed by atoms with Crippen molar-refractivity contribution in [2.45, 2.75) is 18.6 Å². The highest BCUT2D eigenvalue weighted by molar-refractivity contribution is 8.14. The number of rotatable bonds is 2. The molecule has 1 atom stereocenters. The van der Waals surface area contributed by atoms with Crippen LogP contribution in [0.15, 0.2) is 12.1 Å². The molecule has 1 heterocycles. The normalized spacial score (nSPS) is 19.1. The van der Waals surface area contributed by atoms with Gasteiger partial charge in [0.15, 0.2) is 5.12 Å². The molecule has 1 aliphatic heterocycles. The van der Waals surface area contributed by atoms with Crippen molar-refractivity contribution in [3.63, 3.8) is 0 Å². The molecule has 7 heteroatoms. The number of halogens is 3. The molecular formula is C12H10Cl2FNO2S. The summed E-state index contributed by atoms with van der Waals surface area (Å²) in [6.45, 7) is 1.70. The lowest BCUT2D eigenvalue weighted by Crippen LogP contribution is -2.26. The zero-order valence-corrected chi connectivity index (χ0v) is 12.3. The Labute approximate surface area is 124 Å². The van der Waals surface area contributed by atoms with Crippen molar-refractivity contribution in [3.8, 4) is 0 Å². The number of nitrogens with zero attached hydrogens (tertiary/aromatic N) is 1. The van der Waals surface area contributed by atoms with Crippen LogP contribution in [0.4, 0.5) is 10.1 Å². The molecule has 2 rings (SSSR count). The van der Waals surface area contributed by atoms with Gasteiger partial charge in [0.05, 0.1) is 10.7 Å². The average molecular weight is 322 g/mol. The van der Waals surface area contributed by atoms with Crippen molar-refractivity contribution in [2.24, 2.45) is 0 Å². The Kier molecular flexibility index (Phi) is 4.38. The SMILES string of the molecule is CC(=O)SC1CC(=O)N(c2c(F)cc(Cl)cc2Cl)C1. The summed E-state index contributed by atoms with van der Waals surface area (Å²) >= 11 is 12.7. The fraction of sp³-hybridized carbons (Fsp3) is 0.333. The molecule has 1 saturated heterocycles. The molecule has 1 unspecified atom stereocenters. The third-order valence-electron chi connectivity index (χ3n) is 2.67. The number of thioether (sulfide) groups is 1. The summed E-state index contributed by atoms with van der Waals surface area (Å²) < 4.78 is 13.9. The molecule has 0 aromatic heterocycles. The number of hydrogen-bond donors (Lipinski definition) is 0. The molecule has 0 N–H and O–H groups in total. The van der Waals surface area contributed by atoms with E-state index in [2.05, 4.69) is 0 Å². The van der Waals surface area contributed by atoms with Crippen LogP contribution in [0.3, 0.4) is 0 Å². The second-order valence-electron chi connectivity index (χ2n) is 4.16. The molecule has 19 heavy (non-hydrogen) atoms. The molecule has 0 spiro atoms. The average Bonchev–Trinajstić information content (AvgIpc) is 2.57. The van der Waals surface area contributed by atoms with Gasteiger partial charge in [0, 0.05) is 30.2 Å². The first-order valence-corrected chi connectivity index (χ1v) is 7.14. The summed E-state index contributed by atoms with van der Waals surface area (Å²) in [5, 5.41) is 0.0258. The molecule has 3 nitrogen and oxygen atoms in total.